The average molecular weight is 394 g/mol. The second-order valence-corrected chi connectivity index (χ2v) is 8.37. The van der Waals surface area contributed by atoms with E-state index in [2.05, 4.69) is 15.0 Å². The van der Waals surface area contributed by atoms with Gasteiger partial charge in [-0.2, -0.15) is 4.98 Å². The monoisotopic (exact) mass is 394 g/mol. The number of benzene rings is 1. The Bertz CT molecular complexity index is 1120. The van der Waals surface area contributed by atoms with Gasteiger partial charge < -0.3 is 15.5 Å². The van der Waals surface area contributed by atoms with Gasteiger partial charge in [-0.1, -0.05) is 18.2 Å². The molecule has 0 spiro atoms. The molecule has 10 heteroatoms. The first-order valence-corrected chi connectivity index (χ1v) is 9.66. The summed E-state index contributed by atoms with van der Waals surface area (Å²) in [6.07, 6.45) is -1.53. The molecule has 142 valence electrons. The van der Waals surface area contributed by atoms with E-state index in [0.29, 0.717) is 0 Å². The third-order valence-corrected chi connectivity index (χ3v) is 6.20. The number of fused-ring (bicyclic) bond motifs is 1. The summed E-state index contributed by atoms with van der Waals surface area (Å²) in [4.78, 5) is 10.9. The minimum absolute atomic E-state index is 0.0132. The van der Waals surface area contributed by atoms with Crippen LogP contribution in [0.4, 0.5) is 14.6 Å². The van der Waals surface area contributed by atoms with Crippen molar-refractivity contribution >= 4 is 26.7 Å². The van der Waals surface area contributed by atoms with Gasteiger partial charge in [0.1, 0.15) is 33.7 Å². The molecule has 0 amide bonds. The van der Waals surface area contributed by atoms with Gasteiger partial charge in [-0.05, 0) is 19.1 Å². The Hall–Kier alpha value is -2.75. The number of nitrogens with two attached hydrogens (primary N) is 1. The normalized spacial score (nSPS) is 17.0. The highest BCUT2D eigenvalue weighted by atomic mass is 32.2. The lowest BCUT2D eigenvalue weighted by molar-refractivity contribution is -0.135. The Balaban J connectivity index is 1.83. The lowest BCUT2D eigenvalue weighted by Gasteiger charge is -2.34. The quantitative estimate of drug-likeness (QED) is 0.704. The molecule has 1 saturated carbocycles. The molecule has 4 rings (SSSR count). The van der Waals surface area contributed by atoms with Crippen molar-refractivity contribution in [1.82, 2.24) is 15.0 Å². The highest BCUT2D eigenvalue weighted by Gasteiger charge is 2.47. The van der Waals surface area contributed by atoms with Gasteiger partial charge in [0.05, 0.1) is 4.90 Å². The number of hydrogen-bond donors (Lipinski definition) is 2. The molecule has 3 N–H and O–H groups in total. The lowest BCUT2D eigenvalue weighted by atomic mass is 9.91. The summed E-state index contributed by atoms with van der Waals surface area (Å²) in [6, 6.07) is 7.81. The molecular formula is C17H16F2N4O3S. The summed E-state index contributed by atoms with van der Waals surface area (Å²) < 4.78 is 57.8. The number of nitrogen functional groups attached to an aromatic ring is 1. The number of aryl methyl sites for hydroxylation is 1. The van der Waals surface area contributed by atoms with E-state index < -0.39 is 34.7 Å². The number of H-pyrrole nitrogens is 1. The molecular weight excluding hydrogens is 378 g/mol. The van der Waals surface area contributed by atoms with Crippen molar-refractivity contribution in [3.05, 3.63) is 36.2 Å². The second-order valence-electron chi connectivity index (χ2n) is 6.49. The van der Waals surface area contributed by atoms with Crippen molar-refractivity contribution in [2.75, 3.05) is 5.73 Å². The van der Waals surface area contributed by atoms with Gasteiger partial charge >= 0.3 is 0 Å². The van der Waals surface area contributed by atoms with Crippen LogP contribution < -0.4 is 10.5 Å². The van der Waals surface area contributed by atoms with Gasteiger partial charge in [-0.3, -0.25) is 0 Å². The molecule has 27 heavy (non-hydrogen) atoms. The summed E-state index contributed by atoms with van der Waals surface area (Å²) in [6.45, 7) is 1.56. The van der Waals surface area contributed by atoms with Crippen LogP contribution in [0.5, 0.6) is 5.88 Å². The number of hydrogen-bond acceptors (Lipinski definition) is 6. The molecule has 1 aromatic carbocycles. The lowest BCUT2D eigenvalue weighted by Crippen LogP contribution is -2.43. The van der Waals surface area contributed by atoms with E-state index in [1.54, 1.807) is 25.1 Å². The fourth-order valence-electron chi connectivity index (χ4n) is 3.07. The molecule has 0 unspecified atom stereocenters. The van der Waals surface area contributed by atoms with Gasteiger partial charge in [-0.25, -0.2) is 22.2 Å². The second kappa shape index (κ2) is 5.88. The van der Waals surface area contributed by atoms with Gasteiger partial charge in [0.25, 0.3) is 5.92 Å². The topological polar surface area (TPSA) is 111 Å². The number of aromatic amines is 1. The highest BCUT2D eigenvalue weighted by Crippen LogP contribution is 2.41. The van der Waals surface area contributed by atoms with Crippen molar-refractivity contribution in [3.8, 4) is 5.88 Å². The Morgan fingerprint density at radius 2 is 1.89 bits per heavy atom. The zero-order valence-corrected chi connectivity index (χ0v) is 15.1. The third kappa shape index (κ3) is 2.99. The predicted molar refractivity (Wildman–Crippen MR) is 93.5 cm³/mol. The van der Waals surface area contributed by atoms with Gasteiger partial charge in [0.15, 0.2) is 0 Å². The number of nitrogens with one attached hydrogen (secondary N) is 1. The van der Waals surface area contributed by atoms with Crippen LogP contribution in [0.25, 0.3) is 11.0 Å². The Morgan fingerprint density at radius 3 is 2.52 bits per heavy atom. The molecule has 1 fully saturated rings. The molecule has 3 aromatic rings. The van der Waals surface area contributed by atoms with Crippen LogP contribution in [0.1, 0.15) is 18.7 Å². The minimum Gasteiger partial charge on any atom is -0.472 e. The number of nitrogens with zero attached hydrogens (tertiary/aromatic N) is 2. The van der Waals surface area contributed by atoms with Crippen molar-refractivity contribution in [3.63, 3.8) is 0 Å². The maximum absolute atomic E-state index is 13.1. The van der Waals surface area contributed by atoms with Crippen molar-refractivity contribution in [2.45, 2.75) is 41.6 Å². The smallest absolute Gasteiger partial charge is 0.255 e. The van der Waals surface area contributed by atoms with Crippen LogP contribution in [0.15, 0.2) is 40.1 Å². The number of alkyl halides is 2. The molecule has 0 aliphatic heterocycles. The van der Waals surface area contributed by atoms with Gasteiger partial charge in [0, 0.05) is 12.8 Å². The highest BCUT2D eigenvalue weighted by molar-refractivity contribution is 7.92. The van der Waals surface area contributed by atoms with Gasteiger partial charge in [0.2, 0.25) is 15.7 Å². The summed E-state index contributed by atoms with van der Waals surface area (Å²) in [5.41, 5.74) is 6.18. The van der Waals surface area contributed by atoms with Crippen LogP contribution in [0.2, 0.25) is 0 Å². The van der Waals surface area contributed by atoms with E-state index in [9.17, 15) is 17.2 Å². The fourth-order valence-corrected chi connectivity index (χ4v) is 4.56. The Morgan fingerprint density at radius 1 is 1.22 bits per heavy atom. The van der Waals surface area contributed by atoms with E-state index in [-0.39, 0.29) is 38.3 Å². The summed E-state index contributed by atoms with van der Waals surface area (Å²) in [5, 5.41) is 0. The molecule has 7 nitrogen and oxygen atoms in total. The number of aromatic nitrogens is 3. The molecule has 2 aromatic heterocycles. The Kier molecular flexibility index (Phi) is 3.84. The standard InChI is InChI=1S/C17H16F2N4O3S/c1-9-21-12-13(16(22-9)26-10-7-17(18,19)8-10)23-15(20)14(12)27(24,25)11-5-3-2-4-6-11/h2-6,10,23H,7-8,20H2,1H3. The van der Waals surface area contributed by atoms with Crippen LogP contribution in [-0.2, 0) is 9.84 Å². The number of halogens is 2. The maximum atomic E-state index is 13.1. The molecule has 2 heterocycles. The SMILES string of the molecule is Cc1nc(OC2CC(F)(F)C2)c2[nH]c(N)c(S(=O)(=O)c3ccccc3)c2n1. The van der Waals surface area contributed by atoms with Gasteiger partial charge in [-0.15, -0.1) is 0 Å². The first-order chi connectivity index (χ1) is 12.7. The first-order valence-electron chi connectivity index (χ1n) is 8.18. The third-order valence-electron chi connectivity index (χ3n) is 4.36. The molecule has 1 aliphatic rings. The van der Waals surface area contributed by atoms with Crippen LogP contribution >= 0.6 is 0 Å². The number of ether oxygens (including phenoxy) is 1. The maximum Gasteiger partial charge on any atom is 0.255 e. The average Bonchev–Trinajstić information content (AvgIpc) is 2.90. The van der Waals surface area contributed by atoms with Crippen LogP contribution in [0.3, 0.4) is 0 Å². The summed E-state index contributed by atoms with van der Waals surface area (Å²) >= 11 is 0. The zero-order chi connectivity index (χ0) is 19.4. The van der Waals surface area contributed by atoms with Crippen LogP contribution in [0, 0.1) is 6.92 Å². The zero-order valence-electron chi connectivity index (χ0n) is 14.2. The molecule has 0 atom stereocenters. The fraction of sp³-hybridized carbons (Fsp3) is 0.294. The predicted octanol–water partition coefficient (Wildman–Crippen LogP) is 2.86. The molecule has 1 aliphatic carbocycles. The van der Waals surface area contributed by atoms with Crippen molar-refractivity contribution in [1.29, 1.82) is 0 Å². The molecule has 0 saturated heterocycles. The Labute approximate surface area is 153 Å². The van der Waals surface area contributed by atoms with Crippen molar-refractivity contribution in [2.24, 2.45) is 0 Å². The molecule has 0 radical (unpaired) electrons. The van der Waals surface area contributed by atoms with E-state index in [1.165, 1.54) is 12.1 Å². The number of anilines is 1. The first kappa shape index (κ1) is 17.7. The summed E-state index contributed by atoms with van der Waals surface area (Å²) in [7, 11) is -3.95. The van der Waals surface area contributed by atoms with Crippen LogP contribution in [-0.4, -0.2) is 35.4 Å². The summed E-state index contributed by atoms with van der Waals surface area (Å²) in [5.74, 6) is -2.61. The van der Waals surface area contributed by atoms with E-state index in [4.69, 9.17) is 10.5 Å². The van der Waals surface area contributed by atoms with Crippen molar-refractivity contribution < 1.29 is 21.9 Å². The van der Waals surface area contributed by atoms with E-state index in [1.807, 2.05) is 0 Å². The number of rotatable bonds is 4. The van der Waals surface area contributed by atoms with E-state index >= 15 is 0 Å². The molecule has 0 bridgehead atoms. The van der Waals surface area contributed by atoms with E-state index in [0.717, 1.165) is 0 Å². The minimum atomic E-state index is -3.95. The number of sulfone groups is 1. The largest absolute Gasteiger partial charge is 0.472 e.